The molecule has 0 saturated carbocycles. The van der Waals surface area contributed by atoms with Crippen molar-refractivity contribution < 1.29 is 13.9 Å². The van der Waals surface area contributed by atoms with Crippen LogP contribution in [0.4, 0.5) is 4.39 Å². The van der Waals surface area contributed by atoms with E-state index in [9.17, 15) is 9.18 Å². The van der Waals surface area contributed by atoms with E-state index >= 15 is 0 Å². The monoisotopic (exact) mass is 260 g/mol. The molecule has 0 saturated heterocycles. The maximum atomic E-state index is 13.5. The average Bonchev–Trinajstić information content (AvgIpc) is 2.41. The predicted molar refractivity (Wildman–Crippen MR) is 68.5 cm³/mol. The van der Waals surface area contributed by atoms with Gasteiger partial charge in [-0.1, -0.05) is 18.2 Å². The number of hydrogen-bond donors (Lipinski definition) is 1. The topological polar surface area (TPSA) is 65.2 Å². The number of ether oxygens (including phenoxy) is 1. The summed E-state index contributed by atoms with van der Waals surface area (Å²) in [5, 5.41) is 0. The summed E-state index contributed by atoms with van der Waals surface area (Å²) < 4.78 is 18.5. The van der Waals surface area contributed by atoms with Crippen molar-refractivity contribution in [3.05, 3.63) is 59.0 Å². The van der Waals surface area contributed by atoms with Crippen molar-refractivity contribution in [2.24, 2.45) is 5.73 Å². The Morgan fingerprint density at radius 2 is 2.05 bits per heavy atom. The summed E-state index contributed by atoms with van der Waals surface area (Å²) in [7, 11) is 1.40. The summed E-state index contributed by atoms with van der Waals surface area (Å²) in [6, 6.07) is 9.63. The number of benzene rings is 1. The lowest BCUT2D eigenvalue weighted by Crippen LogP contribution is -2.13. The van der Waals surface area contributed by atoms with Gasteiger partial charge in [-0.25, -0.2) is 9.37 Å². The number of primary amides is 1. The van der Waals surface area contributed by atoms with Crippen LogP contribution in [0.3, 0.4) is 0 Å². The Labute approximate surface area is 110 Å². The van der Waals surface area contributed by atoms with Gasteiger partial charge in [0.05, 0.1) is 7.11 Å². The van der Waals surface area contributed by atoms with Crippen LogP contribution in [0.15, 0.2) is 36.4 Å². The second-order valence-electron chi connectivity index (χ2n) is 3.99. The molecule has 0 aliphatic heterocycles. The third-order valence-electron chi connectivity index (χ3n) is 2.71. The molecule has 2 N–H and O–H groups in total. The molecule has 0 unspecified atom stereocenters. The minimum Gasteiger partial charge on any atom is -0.480 e. The van der Waals surface area contributed by atoms with Crippen LogP contribution in [0, 0.1) is 5.82 Å². The molecule has 5 heteroatoms. The van der Waals surface area contributed by atoms with Gasteiger partial charge >= 0.3 is 0 Å². The summed E-state index contributed by atoms with van der Waals surface area (Å²) in [4.78, 5) is 15.3. The number of hydrogen-bond acceptors (Lipinski definition) is 3. The van der Waals surface area contributed by atoms with Gasteiger partial charge in [0.25, 0.3) is 5.91 Å². The van der Waals surface area contributed by atoms with Crippen molar-refractivity contribution in [3.63, 3.8) is 0 Å². The maximum absolute atomic E-state index is 13.5. The number of carbonyl (C=O) groups is 1. The fourth-order valence-corrected chi connectivity index (χ4v) is 1.76. The van der Waals surface area contributed by atoms with E-state index in [0.29, 0.717) is 17.7 Å². The minimum atomic E-state index is -0.609. The molecular formula is C14H13FN2O2. The first-order valence-corrected chi connectivity index (χ1v) is 5.69. The lowest BCUT2D eigenvalue weighted by atomic mass is 10.1. The molecule has 1 aromatic carbocycles. The number of halogens is 1. The normalized spacial score (nSPS) is 10.2. The number of aromatic nitrogens is 1. The highest BCUT2D eigenvalue weighted by Crippen LogP contribution is 2.18. The number of rotatable bonds is 4. The lowest BCUT2D eigenvalue weighted by Gasteiger charge is -2.07. The van der Waals surface area contributed by atoms with Crippen molar-refractivity contribution in [3.8, 4) is 5.88 Å². The Kier molecular flexibility index (Phi) is 3.75. The largest absolute Gasteiger partial charge is 0.480 e. The highest BCUT2D eigenvalue weighted by molar-refractivity contribution is 5.95. The van der Waals surface area contributed by atoms with Gasteiger partial charge in [0.2, 0.25) is 5.88 Å². The molecule has 0 aliphatic carbocycles. The second-order valence-corrected chi connectivity index (χ2v) is 3.99. The summed E-state index contributed by atoms with van der Waals surface area (Å²) in [6.45, 7) is 0. The third kappa shape index (κ3) is 2.88. The van der Waals surface area contributed by atoms with Crippen molar-refractivity contribution in [1.29, 1.82) is 0 Å². The van der Waals surface area contributed by atoms with Crippen LogP contribution in [0.25, 0.3) is 0 Å². The molecule has 0 radical (unpaired) electrons. The summed E-state index contributed by atoms with van der Waals surface area (Å²) in [5.41, 5.74) is 6.54. The number of methoxy groups -OCH3 is 1. The van der Waals surface area contributed by atoms with Crippen molar-refractivity contribution in [2.75, 3.05) is 7.11 Å². The summed E-state index contributed by atoms with van der Waals surface area (Å²) >= 11 is 0. The van der Waals surface area contributed by atoms with Gasteiger partial charge in [0.1, 0.15) is 11.4 Å². The molecular weight excluding hydrogens is 247 g/mol. The van der Waals surface area contributed by atoms with Gasteiger partial charge < -0.3 is 10.5 Å². The smallest absolute Gasteiger partial charge is 0.254 e. The second kappa shape index (κ2) is 5.48. The van der Waals surface area contributed by atoms with Crippen LogP contribution in [0.1, 0.15) is 21.6 Å². The zero-order valence-corrected chi connectivity index (χ0v) is 10.4. The Morgan fingerprint density at radius 1 is 1.32 bits per heavy atom. The van der Waals surface area contributed by atoms with Crippen LogP contribution in [-0.2, 0) is 6.42 Å². The zero-order valence-electron chi connectivity index (χ0n) is 10.4. The SMILES string of the molecule is COc1nc(Cc2ccccc2F)ccc1C(N)=O. The molecule has 1 aromatic heterocycles. The molecule has 19 heavy (non-hydrogen) atoms. The number of nitrogens with zero attached hydrogens (tertiary/aromatic N) is 1. The molecule has 0 fully saturated rings. The van der Waals surface area contributed by atoms with Crippen LogP contribution >= 0.6 is 0 Å². The van der Waals surface area contributed by atoms with Crippen LogP contribution in [0.2, 0.25) is 0 Å². The Balaban J connectivity index is 2.32. The van der Waals surface area contributed by atoms with Crippen molar-refractivity contribution in [1.82, 2.24) is 4.98 Å². The fraction of sp³-hybridized carbons (Fsp3) is 0.143. The Hall–Kier alpha value is -2.43. The molecule has 0 aliphatic rings. The van der Waals surface area contributed by atoms with E-state index < -0.39 is 5.91 Å². The van der Waals surface area contributed by atoms with Gasteiger partial charge in [-0.2, -0.15) is 0 Å². The van der Waals surface area contributed by atoms with E-state index in [1.807, 2.05) is 0 Å². The molecule has 1 heterocycles. The number of nitrogens with two attached hydrogens (primary N) is 1. The molecule has 2 aromatic rings. The molecule has 0 atom stereocenters. The van der Waals surface area contributed by atoms with E-state index in [1.54, 1.807) is 24.3 Å². The molecule has 2 rings (SSSR count). The summed E-state index contributed by atoms with van der Waals surface area (Å²) in [5.74, 6) is -0.745. The molecule has 4 nitrogen and oxygen atoms in total. The maximum Gasteiger partial charge on any atom is 0.254 e. The van der Waals surface area contributed by atoms with Crippen molar-refractivity contribution >= 4 is 5.91 Å². The minimum absolute atomic E-state index is 0.154. The van der Waals surface area contributed by atoms with Crippen LogP contribution in [0.5, 0.6) is 5.88 Å². The van der Waals surface area contributed by atoms with Gasteiger partial charge in [-0.05, 0) is 23.8 Å². The Bertz CT molecular complexity index is 614. The first-order chi connectivity index (χ1) is 9.11. The zero-order chi connectivity index (χ0) is 13.8. The molecule has 0 spiro atoms. The predicted octanol–water partition coefficient (Wildman–Crippen LogP) is 1.92. The molecule has 98 valence electrons. The van der Waals surface area contributed by atoms with E-state index in [-0.39, 0.29) is 17.3 Å². The summed E-state index contributed by atoms with van der Waals surface area (Å²) in [6.07, 6.45) is 0.322. The van der Waals surface area contributed by atoms with E-state index in [0.717, 1.165) is 0 Å². The van der Waals surface area contributed by atoms with Crippen LogP contribution in [-0.4, -0.2) is 18.0 Å². The van der Waals surface area contributed by atoms with Crippen LogP contribution < -0.4 is 10.5 Å². The third-order valence-corrected chi connectivity index (χ3v) is 2.71. The molecule has 1 amide bonds. The highest BCUT2D eigenvalue weighted by atomic mass is 19.1. The van der Waals surface area contributed by atoms with Gasteiger partial charge in [-0.15, -0.1) is 0 Å². The first kappa shape index (κ1) is 13.0. The number of amides is 1. The fourth-order valence-electron chi connectivity index (χ4n) is 1.76. The van der Waals surface area contributed by atoms with Crippen molar-refractivity contribution in [2.45, 2.75) is 6.42 Å². The van der Waals surface area contributed by atoms with E-state index in [1.165, 1.54) is 19.2 Å². The van der Waals surface area contributed by atoms with E-state index in [4.69, 9.17) is 10.5 Å². The highest BCUT2D eigenvalue weighted by Gasteiger charge is 2.12. The van der Waals surface area contributed by atoms with Gasteiger partial charge in [0.15, 0.2) is 0 Å². The molecule has 0 bridgehead atoms. The first-order valence-electron chi connectivity index (χ1n) is 5.69. The van der Waals surface area contributed by atoms with Gasteiger partial charge in [-0.3, -0.25) is 4.79 Å². The number of pyridine rings is 1. The Morgan fingerprint density at radius 3 is 2.68 bits per heavy atom. The van der Waals surface area contributed by atoms with Gasteiger partial charge in [0, 0.05) is 12.1 Å². The lowest BCUT2D eigenvalue weighted by molar-refractivity contribution is 0.0996. The standard InChI is InChI=1S/C14H13FN2O2/c1-19-14-11(13(16)18)7-6-10(17-14)8-9-4-2-3-5-12(9)15/h2-7H,8H2,1H3,(H2,16,18). The average molecular weight is 260 g/mol. The van der Waals surface area contributed by atoms with E-state index in [2.05, 4.69) is 4.98 Å². The number of carbonyl (C=O) groups excluding carboxylic acids is 1. The quantitative estimate of drug-likeness (QED) is 0.913.